The number of aliphatic carboxylic acids is 1. The van der Waals surface area contributed by atoms with Crippen LogP contribution in [0.1, 0.15) is 63.4 Å². The second-order valence-corrected chi connectivity index (χ2v) is 9.84. The van der Waals surface area contributed by atoms with Crippen LogP contribution in [0.2, 0.25) is 0 Å². The number of rotatable bonds is 11. The van der Waals surface area contributed by atoms with Gasteiger partial charge in [0.1, 0.15) is 11.8 Å². The summed E-state index contributed by atoms with van der Waals surface area (Å²) in [6.45, 7) is 1.92. The van der Waals surface area contributed by atoms with E-state index < -0.39 is 24.8 Å². The first-order valence-electron chi connectivity index (χ1n) is 10.2. The fraction of sp³-hybridized carbons (Fsp3) is 0.619. The molecule has 1 fully saturated rings. The van der Waals surface area contributed by atoms with Crippen LogP contribution >= 0.6 is 7.60 Å². The molecule has 4 N–H and O–H groups in total. The van der Waals surface area contributed by atoms with Crippen molar-refractivity contribution in [1.29, 1.82) is 0 Å². The molecule has 7 nitrogen and oxygen atoms in total. The molecule has 8 heteroatoms. The van der Waals surface area contributed by atoms with Crippen molar-refractivity contribution in [3.05, 3.63) is 35.9 Å². The number of hydrogen-bond donors (Lipinski definition) is 4. The van der Waals surface area contributed by atoms with E-state index in [1.165, 1.54) is 0 Å². The first-order valence-corrected chi connectivity index (χ1v) is 11.9. The number of nitrogens with one attached hydrogen (secondary N) is 1. The van der Waals surface area contributed by atoms with Gasteiger partial charge < -0.3 is 25.0 Å². The molecule has 162 valence electrons. The molecule has 0 aliphatic heterocycles. The normalized spacial score (nSPS) is 19.8. The molecule has 2 unspecified atom stereocenters. The average molecular weight is 425 g/mol. The van der Waals surface area contributed by atoms with E-state index in [0.29, 0.717) is 19.1 Å². The zero-order valence-corrected chi connectivity index (χ0v) is 17.8. The van der Waals surface area contributed by atoms with Gasteiger partial charge in [-0.25, -0.2) is 0 Å². The zero-order chi connectivity index (χ0) is 21.5. The monoisotopic (exact) mass is 425 g/mol. The number of aldehydes is 1. The number of carbonyl (C=O) groups is 2. The van der Waals surface area contributed by atoms with E-state index in [1.54, 1.807) is 0 Å². The molecular formula is C21H32NO6P. The quantitative estimate of drug-likeness (QED) is 0.244. The molecule has 0 radical (unpaired) electrons. The Hall–Kier alpha value is -1.53. The minimum Gasteiger partial charge on any atom is -0.480 e. The third-order valence-electron chi connectivity index (χ3n) is 6.04. The van der Waals surface area contributed by atoms with Crippen molar-refractivity contribution in [3.63, 3.8) is 0 Å². The van der Waals surface area contributed by atoms with Gasteiger partial charge in [0.25, 0.3) is 0 Å². The second-order valence-electron chi connectivity index (χ2n) is 8.11. The van der Waals surface area contributed by atoms with Crippen LogP contribution in [0.5, 0.6) is 0 Å². The number of hydrogen-bond acceptors (Lipinski definition) is 4. The van der Waals surface area contributed by atoms with Gasteiger partial charge in [0.05, 0.1) is 5.66 Å². The van der Waals surface area contributed by atoms with Crippen LogP contribution in [0.3, 0.4) is 0 Å². The summed E-state index contributed by atoms with van der Waals surface area (Å²) in [6, 6.07) is 9.35. The molecule has 1 aliphatic carbocycles. The zero-order valence-electron chi connectivity index (χ0n) is 16.9. The molecule has 0 bridgehead atoms. The molecule has 0 spiro atoms. The van der Waals surface area contributed by atoms with Gasteiger partial charge in [-0.1, -0.05) is 56.5 Å². The Kier molecular flexibility index (Phi) is 8.58. The molecule has 2 rings (SSSR count). The highest BCUT2D eigenvalue weighted by Gasteiger charge is 2.56. The van der Waals surface area contributed by atoms with Crippen molar-refractivity contribution in [2.75, 3.05) is 6.54 Å². The van der Waals surface area contributed by atoms with Gasteiger partial charge in [0.2, 0.25) is 0 Å². The Labute approximate surface area is 172 Å². The van der Waals surface area contributed by atoms with E-state index in [4.69, 9.17) is 0 Å². The van der Waals surface area contributed by atoms with Crippen molar-refractivity contribution >= 4 is 19.9 Å². The van der Waals surface area contributed by atoms with E-state index >= 15 is 0 Å². The molecular weight excluding hydrogens is 393 g/mol. The molecule has 1 aliphatic rings. The summed E-state index contributed by atoms with van der Waals surface area (Å²) in [5, 5.41) is 13.2. The summed E-state index contributed by atoms with van der Waals surface area (Å²) in [6.07, 6.45) is 4.63. The van der Waals surface area contributed by atoms with E-state index in [9.17, 15) is 29.0 Å². The lowest BCUT2D eigenvalue weighted by Gasteiger charge is -2.44. The maximum Gasteiger partial charge on any atom is 0.331 e. The molecule has 1 aromatic rings. The first-order chi connectivity index (χ1) is 13.7. The Morgan fingerprint density at radius 3 is 2.38 bits per heavy atom. The summed E-state index contributed by atoms with van der Waals surface area (Å²) in [5.41, 5.74) is -2.26. The minimum absolute atomic E-state index is 0.0253. The smallest absolute Gasteiger partial charge is 0.331 e. The lowest BCUT2D eigenvalue weighted by molar-refractivity contribution is -0.146. The Balaban J connectivity index is 2.50. The highest BCUT2D eigenvalue weighted by molar-refractivity contribution is 7.52. The Morgan fingerprint density at radius 2 is 1.86 bits per heavy atom. The second kappa shape index (κ2) is 10.5. The fourth-order valence-electron chi connectivity index (χ4n) is 4.74. The van der Waals surface area contributed by atoms with Crippen LogP contribution in [0, 0.1) is 5.92 Å². The topological polar surface area (TPSA) is 124 Å². The van der Waals surface area contributed by atoms with Gasteiger partial charge in [-0.2, -0.15) is 0 Å². The Morgan fingerprint density at radius 1 is 1.24 bits per heavy atom. The molecule has 1 saturated carbocycles. The van der Waals surface area contributed by atoms with E-state index in [0.717, 1.165) is 24.8 Å². The van der Waals surface area contributed by atoms with Crippen LogP contribution < -0.4 is 5.32 Å². The van der Waals surface area contributed by atoms with Gasteiger partial charge in [-0.3, -0.25) is 9.36 Å². The van der Waals surface area contributed by atoms with Crippen LogP contribution in [0.15, 0.2) is 30.3 Å². The molecule has 0 saturated heterocycles. The van der Waals surface area contributed by atoms with Crippen molar-refractivity contribution < 1.29 is 29.0 Å². The number of carboxylic acids is 1. The SMILES string of the molecule is C[C@H](CC(NCCC=O)(C(=O)O)C(C1CCCCC1)P(=O)(O)O)c1ccccc1. The summed E-state index contributed by atoms with van der Waals surface area (Å²) in [4.78, 5) is 44.0. The van der Waals surface area contributed by atoms with Gasteiger partial charge in [-0.05, 0) is 36.7 Å². The predicted molar refractivity (Wildman–Crippen MR) is 111 cm³/mol. The number of carbonyl (C=O) groups excluding carboxylic acids is 1. The summed E-state index contributed by atoms with van der Waals surface area (Å²) in [7, 11) is -4.75. The molecule has 1 aromatic carbocycles. The summed E-state index contributed by atoms with van der Waals surface area (Å²) >= 11 is 0. The first kappa shape index (κ1) is 23.7. The fourth-order valence-corrected chi connectivity index (χ4v) is 6.47. The van der Waals surface area contributed by atoms with Crippen LogP contribution in [-0.4, -0.2) is 44.9 Å². The standard InChI is InChI=1S/C21H32NO6P/c1-16(17-9-4-2-5-10-17)15-21(20(24)25,22-13-8-14-23)19(29(26,27)28)18-11-6-3-7-12-18/h2,4-5,9-10,14,16,18-19,22H,3,6-8,11-13,15H2,1H3,(H,24,25)(H2,26,27,28)/t16-,19?,21?/m1/s1. The summed E-state index contributed by atoms with van der Waals surface area (Å²) in [5.74, 6) is -1.90. The van der Waals surface area contributed by atoms with E-state index in [-0.39, 0.29) is 31.2 Å². The van der Waals surface area contributed by atoms with Crippen LogP contribution in [0.25, 0.3) is 0 Å². The van der Waals surface area contributed by atoms with Crippen LogP contribution in [0.4, 0.5) is 0 Å². The maximum absolute atomic E-state index is 12.7. The highest BCUT2D eigenvalue weighted by Crippen LogP contribution is 2.55. The number of carboxylic acid groups (broad SMARTS) is 1. The van der Waals surface area contributed by atoms with Gasteiger partial charge >= 0.3 is 13.6 Å². The third kappa shape index (κ3) is 5.98. The largest absolute Gasteiger partial charge is 0.480 e. The lowest BCUT2D eigenvalue weighted by atomic mass is 9.74. The molecule has 0 amide bonds. The van der Waals surface area contributed by atoms with Gasteiger partial charge in [-0.15, -0.1) is 0 Å². The highest BCUT2D eigenvalue weighted by atomic mass is 31.2. The van der Waals surface area contributed by atoms with Crippen molar-refractivity contribution in [2.45, 2.75) is 69.0 Å². The average Bonchev–Trinajstić information content (AvgIpc) is 2.68. The van der Waals surface area contributed by atoms with Crippen LogP contribution in [-0.2, 0) is 14.2 Å². The molecule has 0 heterocycles. The lowest BCUT2D eigenvalue weighted by Crippen LogP contribution is -2.63. The predicted octanol–water partition coefficient (Wildman–Crippen LogP) is 3.31. The van der Waals surface area contributed by atoms with Gasteiger partial charge in [0, 0.05) is 13.0 Å². The van der Waals surface area contributed by atoms with Crippen molar-refractivity contribution in [2.24, 2.45) is 5.92 Å². The minimum atomic E-state index is -4.75. The number of benzene rings is 1. The molecule has 0 aromatic heterocycles. The van der Waals surface area contributed by atoms with E-state index in [1.807, 2.05) is 37.3 Å². The van der Waals surface area contributed by atoms with E-state index in [2.05, 4.69) is 5.32 Å². The third-order valence-corrected chi connectivity index (χ3v) is 7.63. The molecule has 3 atom stereocenters. The summed E-state index contributed by atoms with van der Waals surface area (Å²) < 4.78 is 12.7. The van der Waals surface area contributed by atoms with Crippen molar-refractivity contribution in [1.82, 2.24) is 5.32 Å². The molecule has 29 heavy (non-hydrogen) atoms. The van der Waals surface area contributed by atoms with Gasteiger partial charge in [0.15, 0.2) is 0 Å². The van der Waals surface area contributed by atoms with Crippen molar-refractivity contribution in [3.8, 4) is 0 Å². The maximum atomic E-state index is 12.7. The Bertz CT molecular complexity index is 715.